The predicted octanol–water partition coefficient (Wildman–Crippen LogP) is 9.53. The quantitative estimate of drug-likeness (QED) is 0.339. The summed E-state index contributed by atoms with van der Waals surface area (Å²) in [7, 11) is 1.71. The Labute approximate surface area is 234 Å². The van der Waals surface area contributed by atoms with Crippen molar-refractivity contribution in [3.05, 3.63) is 72.3 Å². The van der Waals surface area contributed by atoms with E-state index in [1.807, 2.05) is 12.1 Å². The van der Waals surface area contributed by atoms with Crippen LogP contribution in [0, 0.1) is 5.41 Å². The van der Waals surface area contributed by atoms with Crippen molar-refractivity contribution < 1.29 is 14.2 Å². The molecule has 0 atom stereocenters. The summed E-state index contributed by atoms with van der Waals surface area (Å²) in [5.74, 6) is 2.47. The van der Waals surface area contributed by atoms with Gasteiger partial charge in [-0.15, -0.1) is 0 Å². The van der Waals surface area contributed by atoms with Crippen LogP contribution < -0.4 is 19.1 Å². The highest BCUT2D eigenvalue weighted by Crippen LogP contribution is 2.51. The molecule has 0 spiro atoms. The van der Waals surface area contributed by atoms with Gasteiger partial charge in [0.2, 0.25) is 6.79 Å². The van der Waals surface area contributed by atoms with Crippen LogP contribution in [0.4, 0.5) is 11.4 Å². The van der Waals surface area contributed by atoms with Gasteiger partial charge < -0.3 is 19.1 Å². The van der Waals surface area contributed by atoms with E-state index in [4.69, 9.17) is 14.2 Å². The second-order valence-corrected chi connectivity index (χ2v) is 12.8. The number of para-hydroxylation sites is 1. The van der Waals surface area contributed by atoms with Crippen LogP contribution >= 0.6 is 0 Å². The molecule has 3 aromatic carbocycles. The summed E-state index contributed by atoms with van der Waals surface area (Å²) in [5, 5.41) is 0. The minimum absolute atomic E-state index is 0.0586. The zero-order valence-electron chi connectivity index (χ0n) is 24.5. The zero-order valence-corrected chi connectivity index (χ0v) is 24.5. The molecule has 2 heterocycles. The molecule has 206 valence electrons. The highest BCUT2D eigenvalue weighted by Gasteiger charge is 2.32. The van der Waals surface area contributed by atoms with Crippen molar-refractivity contribution in [2.45, 2.75) is 72.1 Å². The van der Waals surface area contributed by atoms with E-state index in [0.29, 0.717) is 0 Å². The fourth-order valence-electron chi connectivity index (χ4n) is 6.41. The minimum Gasteiger partial charge on any atom is -0.497 e. The number of hydrogen-bond donors (Lipinski definition) is 0. The van der Waals surface area contributed by atoms with E-state index in [1.165, 1.54) is 28.8 Å². The van der Waals surface area contributed by atoms with Gasteiger partial charge in [0.1, 0.15) is 11.5 Å². The van der Waals surface area contributed by atoms with Gasteiger partial charge in [-0.1, -0.05) is 65.8 Å². The van der Waals surface area contributed by atoms with E-state index in [-0.39, 0.29) is 17.6 Å². The summed E-state index contributed by atoms with van der Waals surface area (Å²) in [6, 6.07) is 19.4. The Morgan fingerprint density at radius 3 is 2.41 bits per heavy atom. The lowest BCUT2D eigenvalue weighted by atomic mass is 9.71. The van der Waals surface area contributed by atoms with E-state index >= 15 is 0 Å². The highest BCUT2D eigenvalue weighted by atomic mass is 16.7. The molecule has 4 nitrogen and oxygen atoms in total. The number of methoxy groups -OCH3 is 1. The monoisotopic (exact) mass is 525 g/mol. The van der Waals surface area contributed by atoms with Crippen molar-refractivity contribution in [1.29, 1.82) is 0 Å². The Bertz CT molecular complexity index is 1360. The van der Waals surface area contributed by atoms with Gasteiger partial charge in [0, 0.05) is 28.9 Å². The van der Waals surface area contributed by atoms with Crippen LogP contribution in [0.2, 0.25) is 0 Å². The summed E-state index contributed by atoms with van der Waals surface area (Å²) in [6.45, 7) is 17.2. The van der Waals surface area contributed by atoms with E-state index in [9.17, 15) is 0 Å². The Morgan fingerprint density at radius 2 is 1.64 bits per heavy atom. The van der Waals surface area contributed by atoms with Crippen molar-refractivity contribution in [3.8, 4) is 28.4 Å². The molecule has 0 radical (unpaired) electrons. The lowest BCUT2D eigenvalue weighted by molar-refractivity contribution is 0.125. The molecule has 0 amide bonds. The fraction of sp³-hybridized carbons (Fsp3) is 0.429. The molecule has 4 heteroatoms. The van der Waals surface area contributed by atoms with Gasteiger partial charge in [0.05, 0.1) is 12.8 Å². The number of hydrogen-bond acceptors (Lipinski definition) is 4. The molecule has 0 saturated carbocycles. The smallest absolute Gasteiger partial charge is 0.231 e. The van der Waals surface area contributed by atoms with E-state index < -0.39 is 0 Å². The summed E-state index contributed by atoms with van der Waals surface area (Å²) >= 11 is 0. The normalized spacial score (nSPS) is 15.8. The maximum absolute atomic E-state index is 6.48. The number of fused-ring (bicyclic) bond motifs is 4. The lowest BCUT2D eigenvalue weighted by Gasteiger charge is -2.35. The number of rotatable bonds is 4. The van der Waals surface area contributed by atoms with Crippen molar-refractivity contribution in [2.24, 2.45) is 5.41 Å². The van der Waals surface area contributed by atoms with Crippen molar-refractivity contribution >= 4 is 16.9 Å². The summed E-state index contributed by atoms with van der Waals surface area (Å²) in [6.07, 6.45) is 5.51. The largest absolute Gasteiger partial charge is 0.497 e. The Kier molecular flexibility index (Phi) is 7.41. The van der Waals surface area contributed by atoms with Crippen molar-refractivity contribution in [2.75, 3.05) is 25.3 Å². The molecule has 2 aliphatic heterocycles. The van der Waals surface area contributed by atoms with E-state index in [1.54, 1.807) is 7.11 Å². The molecule has 0 bridgehead atoms. The average molecular weight is 526 g/mol. The zero-order chi connectivity index (χ0) is 27.8. The average Bonchev–Trinajstić information content (AvgIpc) is 3.02. The second kappa shape index (κ2) is 10.6. The SMILES string of the molecule is C=C1CCCCCN(c2cc(C(C)(C)CC(C)(C)C)cc3c2OCOc2ccc(OC)cc2-3)c2ccccc21. The van der Waals surface area contributed by atoms with E-state index in [2.05, 4.69) is 88.6 Å². The Morgan fingerprint density at radius 1 is 0.846 bits per heavy atom. The van der Waals surface area contributed by atoms with Crippen LogP contribution in [0.25, 0.3) is 16.7 Å². The van der Waals surface area contributed by atoms with E-state index in [0.717, 1.165) is 66.3 Å². The van der Waals surface area contributed by atoms with Crippen LogP contribution in [-0.4, -0.2) is 20.4 Å². The molecule has 3 aromatic rings. The number of anilines is 2. The molecular formula is C35H43NO3. The summed E-state index contributed by atoms with van der Waals surface area (Å²) < 4.78 is 18.2. The predicted molar refractivity (Wildman–Crippen MR) is 163 cm³/mol. The number of benzene rings is 3. The first kappa shape index (κ1) is 27.2. The number of nitrogens with zero attached hydrogens (tertiary/aromatic N) is 1. The van der Waals surface area contributed by atoms with Crippen molar-refractivity contribution in [1.82, 2.24) is 0 Å². The van der Waals surface area contributed by atoms with Crippen LogP contribution in [0.1, 0.15) is 77.8 Å². The third kappa shape index (κ3) is 5.66. The molecule has 0 N–H and O–H groups in total. The molecule has 0 aromatic heterocycles. The maximum Gasteiger partial charge on any atom is 0.231 e. The molecule has 39 heavy (non-hydrogen) atoms. The highest BCUT2D eigenvalue weighted by molar-refractivity contribution is 5.88. The third-order valence-corrected chi connectivity index (χ3v) is 7.94. The molecule has 0 unspecified atom stereocenters. The van der Waals surface area contributed by atoms with Gasteiger partial charge in [-0.2, -0.15) is 0 Å². The van der Waals surface area contributed by atoms with Gasteiger partial charge in [-0.3, -0.25) is 0 Å². The first-order valence-electron chi connectivity index (χ1n) is 14.2. The molecule has 0 aliphatic carbocycles. The Balaban J connectivity index is 1.79. The minimum atomic E-state index is -0.0586. The van der Waals surface area contributed by atoms with Gasteiger partial charge in [0.25, 0.3) is 0 Å². The second-order valence-electron chi connectivity index (χ2n) is 12.8. The Hall–Kier alpha value is -3.40. The summed E-state index contributed by atoms with van der Waals surface area (Å²) in [4.78, 5) is 2.46. The van der Waals surface area contributed by atoms with Crippen LogP contribution in [0.15, 0.2) is 61.2 Å². The lowest BCUT2D eigenvalue weighted by Crippen LogP contribution is -2.26. The van der Waals surface area contributed by atoms with Gasteiger partial charge in [-0.25, -0.2) is 0 Å². The molecule has 0 fully saturated rings. The van der Waals surface area contributed by atoms with Crippen LogP contribution in [0.5, 0.6) is 17.2 Å². The number of ether oxygens (including phenoxy) is 3. The molecule has 2 aliphatic rings. The van der Waals surface area contributed by atoms with Gasteiger partial charge >= 0.3 is 0 Å². The van der Waals surface area contributed by atoms with Crippen LogP contribution in [-0.2, 0) is 5.41 Å². The summed E-state index contributed by atoms with van der Waals surface area (Å²) in [5.41, 5.74) is 8.17. The number of allylic oxidation sites excluding steroid dienone is 1. The molecule has 5 rings (SSSR count). The topological polar surface area (TPSA) is 30.9 Å². The standard InChI is InChI=1S/C35H43NO3/c1-24-13-9-8-12-18-36(30-15-11-10-14-27(24)30)31-20-25(35(5,6)22-34(2,3)4)19-29-28-21-26(37-7)16-17-32(28)38-23-39-33(29)31/h10-11,14-17,19-21H,1,8-9,12-13,18,22-23H2,2-7H3. The first-order chi connectivity index (χ1) is 18.6. The first-order valence-corrected chi connectivity index (χ1v) is 14.2. The fourth-order valence-corrected chi connectivity index (χ4v) is 6.41. The third-order valence-electron chi connectivity index (χ3n) is 7.94. The maximum atomic E-state index is 6.48. The molecule has 0 saturated heterocycles. The van der Waals surface area contributed by atoms with Gasteiger partial charge in [-0.05, 0) is 84.0 Å². The molecular weight excluding hydrogens is 482 g/mol. The van der Waals surface area contributed by atoms with Crippen LogP contribution in [0.3, 0.4) is 0 Å². The van der Waals surface area contributed by atoms with Crippen molar-refractivity contribution in [3.63, 3.8) is 0 Å². The van der Waals surface area contributed by atoms with Gasteiger partial charge in [0.15, 0.2) is 5.75 Å².